The summed E-state index contributed by atoms with van der Waals surface area (Å²) in [5.41, 5.74) is 10.1. The van der Waals surface area contributed by atoms with E-state index in [9.17, 15) is 0 Å². The maximum atomic E-state index is 6.16. The number of hydrogen-bond acceptors (Lipinski definition) is 7. The number of pyridine rings is 1. The molecule has 4 heterocycles. The molecule has 1 saturated heterocycles. The minimum absolute atomic E-state index is 0.376. The summed E-state index contributed by atoms with van der Waals surface area (Å²) in [5, 5.41) is 7.97. The van der Waals surface area contributed by atoms with Gasteiger partial charge in [0, 0.05) is 29.6 Å². The highest BCUT2D eigenvalue weighted by molar-refractivity contribution is 5.81. The average Bonchev–Trinajstić information content (AvgIpc) is 3.42. The highest BCUT2D eigenvalue weighted by atomic mass is 16.5. The molecule has 0 spiro atoms. The lowest BCUT2D eigenvalue weighted by Gasteiger charge is -2.22. The number of rotatable bonds is 5. The summed E-state index contributed by atoms with van der Waals surface area (Å²) in [5.74, 6) is 1.58. The largest absolute Gasteiger partial charge is 0.494 e. The van der Waals surface area contributed by atoms with Gasteiger partial charge in [0.1, 0.15) is 17.1 Å². The Labute approximate surface area is 174 Å². The third-order valence-corrected chi connectivity index (χ3v) is 5.44. The van der Waals surface area contributed by atoms with Gasteiger partial charge in [-0.25, -0.2) is 9.97 Å². The van der Waals surface area contributed by atoms with Gasteiger partial charge in [-0.3, -0.25) is 4.68 Å². The third kappa shape index (κ3) is 3.50. The fraction of sp³-hybridized carbons (Fsp3) is 0.318. The van der Waals surface area contributed by atoms with E-state index in [0.717, 1.165) is 48.3 Å². The summed E-state index contributed by atoms with van der Waals surface area (Å²) in [6.07, 6.45) is 7.88. The van der Waals surface area contributed by atoms with Crippen molar-refractivity contribution in [1.29, 1.82) is 0 Å². The summed E-state index contributed by atoms with van der Waals surface area (Å²) < 4.78 is 13.6. The van der Waals surface area contributed by atoms with Crippen molar-refractivity contribution in [3.05, 3.63) is 42.9 Å². The van der Waals surface area contributed by atoms with E-state index >= 15 is 0 Å². The molecule has 1 aliphatic rings. The second-order valence-electron chi connectivity index (χ2n) is 7.43. The molecule has 5 rings (SSSR count). The molecule has 0 unspecified atom stereocenters. The van der Waals surface area contributed by atoms with Gasteiger partial charge in [0.05, 0.1) is 24.4 Å². The Morgan fingerprint density at radius 1 is 1.20 bits per heavy atom. The molecular weight excluding hydrogens is 380 g/mol. The fourth-order valence-electron chi connectivity index (χ4n) is 3.84. The van der Waals surface area contributed by atoms with E-state index in [4.69, 9.17) is 14.9 Å². The second kappa shape index (κ2) is 7.79. The van der Waals surface area contributed by atoms with Crippen LogP contribution >= 0.6 is 0 Å². The number of fused-ring (bicyclic) bond motifs is 1. The van der Waals surface area contributed by atoms with E-state index in [-0.39, 0.29) is 0 Å². The van der Waals surface area contributed by atoms with Crippen molar-refractivity contribution >= 4 is 16.9 Å². The van der Waals surface area contributed by atoms with Crippen LogP contribution in [0.5, 0.6) is 5.75 Å². The first-order valence-electron chi connectivity index (χ1n) is 10.3. The van der Waals surface area contributed by atoms with Gasteiger partial charge < -0.3 is 20.2 Å². The standard InChI is InChI=1S/C22H24N6O2/c1-2-29-17-3-4-20-19(10-17)27-22(30-20)18-9-14(11-25-21(18)23)15-12-26-28(13-15)16-5-7-24-8-6-16/h3-4,9-13,16,24H,2,5-8H2,1H3,(H2,23,25). The molecule has 0 aliphatic carbocycles. The highest BCUT2D eigenvalue weighted by Gasteiger charge is 2.18. The Kier molecular flexibility index (Phi) is 4.84. The molecule has 8 heteroatoms. The predicted octanol–water partition coefficient (Wildman–Crippen LogP) is 3.66. The number of benzene rings is 1. The molecular formula is C22H24N6O2. The lowest BCUT2D eigenvalue weighted by molar-refractivity contribution is 0.340. The van der Waals surface area contributed by atoms with Crippen molar-refractivity contribution in [3.63, 3.8) is 0 Å². The lowest BCUT2D eigenvalue weighted by Crippen LogP contribution is -2.29. The smallest absolute Gasteiger partial charge is 0.231 e. The van der Waals surface area contributed by atoms with Crippen LogP contribution in [0, 0.1) is 0 Å². The molecule has 3 N–H and O–H groups in total. The molecule has 0 radical (unpaired) electrons. The van der Waals surface area contributed by atoms with Crippen molar-refractivity contribution in [3.8, 4) is 28.3 Å². The Morgan fingerprint density at radius 2 is 2.07 bits per heavy atom. The second-order valence-corrected chi connectivity index (χ2v) is 7.43. The molecule has 3 aromatic heterocycles. The quantitative estimate of drug-likeness (QED) is 0.523. The van der Waals surface area contributed by atoms with Crippen LogP contribution in [0.3, 0.4) is 0 Å². The SMILES string of the molecule is CCOc1ccc2oc(-c3cc(-c4cnn(C5CCNCC5)c4)cnc3N)nc2c1. The summed E-state index contributed by atoms with van der Waals surface area (Å²) in [7, 11) is 0. The minimum atomic E-state index is 0.376. The number of nitrogen functional groups attached to an aromatic ring is 1. The Morgan fingerprint density at radius 3 is 2.90 bits per heavy atom. The van der Waals surface area contributed by atoms with Crippen LogP contribution in [0.25, 0.3) is 33.7 Å². The summed E-state index contributed by atoms with van der Waals surface area (Å²) in [6.45, 7) is 4.59. The first-order chi connectivity index (χ1) is 14.7. The van der Waals surface area contributed by atoms with Gasteiger partial charge in [-0.2, -0.15) is 5.10 Å². The molecule has 0 bridgehead atoms. The van der Waals surface area contributed by atoms with E-state index in [2.05, 4.69) is 31.3 Å². The molecule has 8 nitrogen and oxygen atoms in total. The van der Waals surface area contributed by atoms with Gasteiger partial charge >= 0.3 is 0 Å². The van der Waals surface area contributed by atoms with Crippen LogP contribution in [-0.4, -0.2) is 39.4 Å². The van der Waals surface area contributed by atoms with Crippen molar-refractivity contribution in [2.45, 2.75) is 25.8 Å². The molecule has 1 aromatic carbocycles. The molecule has 4 aromatic rings. The van der Waals surface area contributed by atoms with Crippen molar-refractivity contribution < 1.29 is 9.15 Å². The summed E-state index contributed by atoms with van der Waals surface area (Å²) in [6, 6.07) is 7.97. The number of piperidine rings is 1. The van der Waals surface area contributed by atoms with E-state index in [0.29, 0.717) is 35.5 Å². The topological polar surface area (TPSA) is 104 Å². The molecule has 0 atom stereocenters. The molecule has 0 amide bonds. The molecule has 1 aliphatic heterocycles. The van der Waals surface area contributed by atoms with Crippen LogP contribution in [0.1, 0.15) is 25.8 Å². The Balaban J connectivity index is 1.48. The molecule has 1 fully saturated rings. The average molecular weight is 404 g/mol. The van der Waals surface area contributed by atoms with Gasteiger partial charge in [0.2, 0.25) is 5.89 Å². The first kappa shape index (κ1) is 18.6. The Hall–Kier alpha value is -3.39. The monoisotopic (exact) mass is 404 g/mol. The lowest BCUT2D eigenvalue weighted by atomic mass is 10.1. The van der Waals surface area contributed by atoms with Gasteiger partial charge in [0.15, 0.2) is 5.58 Å². The zero-order chi connectivity index (χ0) is 20.5. The zero-order valence-corrected chi connectivity index (χ0v) is 16.8. The first-order valence-corrected chi connectivity index (χ1v) is 10.3. The molecule has 0 saturated carbocycles. The van der Waals surface area contributed by atoms with Gasteiger partial charge in [-0.05, 0) is 51.1 Å². The number of oxazole rings is 1. The van der Waals surface area contributed by atoms with Crippen LogP contribution in [0.15, 0.2) is 47.3 Å². The van der Waals surface area contributed by atoms with E-state index in [1.165, 1.54) is 0 Å². The van der Waals surface area contributed by atoms with Gasteiger partial charge in [0.25, 0.3) is 0 Å². The fourth-order valence-corrected chi connectivity index (χ4v) is 3.84. The maximum absolute atomic E-state index is 6.16. The Bertz CT molecular complexity index is 1180. The summed E-state index contributed by atoms with van der Waals surface area (Å²) in [4.78, 5) is 8.98. The van der Waals surface area contributed by atoms with Crippen LogP contribution in [0.4, 0.5) is 5.82 Å². The maximum Gasteiger partial charge on any atom is 0.231 e. The summed E-state index contributed by atoms with van der Waals surface area (Å²) >= 11 is 0. The van der Waals surface area contributed by atoms with E-state index in [1.54, 1.807) is 6.20 Å². The van der Waals surface area contributed by atoms with Crippen LogP contribution < -0.4 is 15.8 Å². The molecule has 30 heavy (non-hydrogen) atoms. The number of nitrogens with zero attached hydrogens (tertiary/aromatic N) is 4. The zero-order valence-electron chi connectivity index (χ0n) is 16.8. The van der Waals surface area contributed by atoms with E-state index in [1.807, 2.05) is 37.4 Å². The van der Waals surface area contributed by atoms with Gasteiger partial charge in [-0.15, -0.1) is 0 Å². The highest BCUT2D eigenvalue weighted by Crippen LogP contribution is 2.32. The number of hydrogen-bond donors (Lipinski definition) is 2. The number of ether oxygens (including phenoxy) is 1. The number of nitrogens with one attached hydrogen (secondary N) is 1. The third-order valence-electron chi connectivity index (χ3n) is 5.44. The number of aromatic nitrogens is 4. The van der Waals surface area contributed by atoms with Crippen molar-refractivity contribution in [2.24, 2.45) is 0 Å². The van der Waals surface area contributed by atoms with E-state index < -0.39 is 0 Å². The predicted molar refractivity (Wildman–Crippen MR) is 115 cm³/mol. The van der Waals surface area contributed by atoms with Gasteiger partial charge in [-0.1, -0.05) is 0 Å². The number of nitrogens with two attached hydrogens (primary N) is 1. The van der Waals surface area contributed by atoms with Crippen molar-refractivity contribution in [1.82, 2.24) is 25.1 Å². The van der Waals surface area contributed by atoms with Crippen LogP contribution in [0.2, 0.25) is 0 Å². The van der Waals surface area contributed by atoms with Crippen LogP contribution in [-0.2, 0) is 0 Å². The number of anilines is 1. The normalized spacial score (nSPS) is 15.0. The molecule has 154 valence electrons. The van der Waals surface area contributed by atoms with Crippen molar-refractivity contribution in [2.75, 3.05) is 25.4 Å². The minimum Gasteiger partial charge on any atom is -0.494 e.